The van der Waals surface area contributed by atoms with Crippen molar-refractivity contribution in [3.05, 3.63) is 124 Å². The molecule has 1 saturated carbocycles. The molecule has 1 fully saturated rings. The Morgan fingerprint density at radius 2 is 1.36 bits per heavy atom. The molecule has 7 nitrogen and oxygen atoms in total. The Morgan fingerprint density at radius 3 is 1.91 bits per heavy atom. The lowest BCUT2D eigenvalue weighted by Gasteiger charge is -2.44. The van der Waals surface area contributed by atoms with E-state index in [-0.39, 0.29) is 6.42 Å². The van der Waals surface area contributed by atoms with Crippen molar-refractivity contribution >= 4 is 29.0 Å². The highest BCUT2D eigenvalue weighted by atomic mass is 16.5. The molecular formula is C38H40N2O5. The molecule has 4 unspecified atom stereocenters. The van der Waals surface area contributed by atoms with Gasteiger partial charge in [-0.2, -0.15) is 0 Å². The number of carbonyl (C=O) groups excluding carboxylic acids is 3. The first-order chi connectivity index (χ1) is 21.4. The molecule has 4 aromatic rings. The summed E-state index contributed by atoms with van der Waals surface area (Å²) < 4.78 is 5.97. The summed E-state index contributed by atoms with van der Waals surface area (Å²) in [6, 6.07) is 28.2. The van der Waals surface area contributed by atoms with Crippen LogP contribution in [-0.2, 0) is 21.0 Å². The van der Waals surface area contributed by atoms with Crippen LogP contribution in [0.2, 0.25) is 0 Å². The van der Waals surface area contributed by atoms with Crippen LogP contribution in [0.15, 0.2) is 91.0 Å². The number of ether oxygens (including phenoxy) is 1. The van der Waals surface area contributed by atoms with Gasteiger partial charge in [0, 0.05) is 23.7 Å². The van der Waals surface area contributed by atoms with Gasteiger partial charge in [-0.25, -0.2) is 0 Å². The molecule has 7 heteroatoms. The summed E-state index contributed by atoms with van der Waals surface area (Å²) in [4.78, 5) is 41.8. The van der Waals surface area contributed by atoms with Crippen LogP contribution in [0, 0.1) is 39.5 Å². The van der Waals surface area contributed by atoms with Crippen molar-refractivity contribution in [1.29, 1.82) is 0 Å². The standard InChI is InChI=1S/C38H40N2O5/c1-23-11-17-30(25(3)19-23)39-36(42)34-32(41)21-38(5,44)35(37(43)40-31-18-12-24(2)20-26(31)4)33(34)28-13-15-29(16-14-28)45-22-27-9-7-6-8-10-27/h6-20,33-35,44H,21-22H2,1-5H3,(H,39,42)(H,40,43). The fourth-order valence-corrected chi connectivity index (χ4v) is 6.35. The molecule has 1 aliphatic carbocycles. The number of aliphatic hydroxyl groups is 1. The molecule has 0 saturated heterocycles. The highest BCUT2D eigenvalue weighted by Gasteiger charge is 2.56. The second kappa shape index (κ2) is 13.1. The largest absolute Gasteiger partial charge is 0.489 e. The van der Waals surface area contributed by atoms with E-state index in [4.69, 9.17) is 4.74 Å². The molecule has 0 aliphatic heterocycles. The number of carbonyl (C=O) groups is 3. The van der Waals surface area contributed by atoms with Crippen LogP contribution in [0.25, 0.3) is 0 Å². The van der Waals surface area contributed by atoms with Crippen molar-refractivity contribution in [2.75, 3.05) is 10.6 Å². The topological polar surface area (TPSA) is 105 Å². The van der Waals surface area contributed by atoms with Crippen LogP contribution in [0.5, 0.6) is 5.75 Å². The number of Topliss-reactive ketones (excluding diaryl/α,β-unsaturated/α-hetero) is 1. The van der Waals surface area contributed by atoms with Gasteiger partial charge in [-0.3, -0.25) is 14.4 Å². The molecular weight excluding hydrogens is 564 g/mol. The first-order valence-corrected chi connectivity index (χ1v) is 15.2. The molecule has 45 heavy (non-hydrogen) atoms. The van der Waals surface area contributed by atoms with Gasteiger partial charge in [-0.05, 0) is 81.1 Å². The number of benzene rings is 4. The summed E-state index contributed by atoms with van der Waals surface area (Å²) in [5.41, 5.74) is 4.92. The molecule has 1 aliphatic rings. The number of anilines is 2. The van der Waals surface area contributed by atoms with Gasteiger partial charge in [0.25, 0.3) is 0 Å². The van der Waals surface area contributed by atoms with Crippen molar-refractivity contribution in [2.45, 2.75) is 59.2 Å². The average molecular weight is 605 g/mol. The summed E-state index contributed by atoms with van der Waals surface area (Å²) >= 11 is 0. The number of ketones is 1. The molecule has 4 aromatic carbocycles. The van der Waals surface area contributed by atoms with E-state index in [0.717, 1.165) is 27.8 Å². The van der Waals surface area contributed by atoms with Crippen molar-refractivity contribution in [2.24, 2.45) is 11.8 Å². The number of aryl methyl sites for hydroxylation is 4. The van der Waals surface area contributed by atoms with E-state index in [1.54, 1.807) is 24.3 Å². The second-order valence-corrected chi connectivity index (χ2v) is 12.4. The minimum Gasteiger partial charge on any atom is -0.489 e. The molecule has 0 heterocycles. The van der Waals surface area contributed by atoms with Crippen molar-refractivity contribution < 1.29 is 24.2 Å². The Labute approximate surface area is 264 Å². The minimum atomic E-state index is -1.70. The molecule has 4 atom stereocenters. The zero-order valence-corrected chi connectivity index (χ0v) is 26.4. The van der Waals surface area contributed by atoms with Crippen LogP contribution in [-0.4, -0.2) is 28.3 Å². The predicted octanol–water partition coefficient (Wildman–Crippen LogP) is 6.82. The number of rotatable bonds is 8. The molecule has 232 valence electrons. The van der Waals surface area contributed by atoms with Crippen LogP contribution in [0.4, 0.5) is 11.4 Å². The fourth-order valence-electron chi connectivity index (χ4n) is 6.35. The zero-order valence-electron chi connectivity index (χ0n) is 26.4. The van der Waals surface area contributed by atoms with E-state index in [1.807, 2.05) is 94.4 Å². The van der Waals surface area contributed by atoms with E-state index in [0.29, 0.717) is 29.3 Å². The van der Waals surface area contributed by atoms with Gasteiger partial charge in [0.15, 0.2) is 0 Å². The smallest absolute Gasteiger partial charge is 0.235 e. The maximum atomic E-state index is 14.1. The van der Waals surface area contributed by atoms with Crippen LogP contribution in [0.1, 0.15) is 52.6 Å². The number of hydrogen-bond donors (Lipinski definition) is 3. The number of hydrogen-bond acceptors (Lipinski definition) is 5. The second-order valence-electron chi connectivity index (χ2n) is 12.4. The SMILES string of the molecule is Cc1ccc(NC(=O)C2C(=O)CC(C)(O)C(C(=O)Nc3ccc(C)cc3C)C2c2ccc(OCc3ccccc3)cc2)c(C)c1. The zero-order chi connectivity index (χ0) is 32.3. The summed E-state index contributed by atoms with van der Waals surface area (Å²) in [5.74, 6) is -4.06. The monoisotopic (exact) mass is 604 g/mol. The van der Waals surface area contributed by atoms with E-state index < -0.39 is 41.0 Å². The highest BCUT2D eigenvalue weighted by Crippen LogP contribution is 2.47. The molecule has 0 spiro atoms. The highest BCUT2D eigenvalue weighted by molar-refractivity contribution is 6.10. The third-order valence-electron chi connectivity index (χ3n) is 8.63. The van der Waals surface area contributed by atoms with Crippen molar-refractivity contribution in [3.63, 3.8) is 0 Å². The molecule has 0 radical (unpaired) electrons. The Bertz CT molecular complexity index is 1710. The predicted molar refractivity (Wildman–Crippen MR) is 176 cm³/mol. The molecule has 5 rings (SSSR count). The first kappa shape index (κ1) is 31.7. The summed E-state index contributed by atoms with van der Waals surface area (Å²) in [7, 11) is 0. The Morgan fingerprint density at radius 1 is 0.800 bits per heavy atom. The Balaban J connectivity index is 1.51. The van der Waals surface area contributed by atoms with Gasteiger partial charge >= 0.3 is 0 Å². The van der Waals surface area contributed by atoms with Gasteiger partial charge in [0.2, 0.25) is 11.8 Å². The molecule has 2 amide bonds. The lowest BCUT2D eigenvalue weighted by atomic mass is 9.61. The van der Waals surface area contributed by atoms with Crippen molar-refractivity contribution in [1.82, 2.24) is 0 Å². The van der Waals surface area contributed by atoms with E-state index in [9.17, 15) is 19.5 Å². The average Bonchev–Trinajstić information content (AvgIpc) is 2.99. The third kappa shape index (κ3) is 7.15. The number of nitrogens with one attached hydrogen (secondary N) is 2. The minimum absolute atomic E-state index is 0.336. The summed E-state index contributed by atoms with van der Waals surface area (Å²) in [6.07, 6.45) is -0.336. The lowest BCUT2D eigenvalue weighted by Crippen LogP contribution is -2.56. The van der Waals surface area contributed by atoms with E-state index in [1.165, 1.54) is 6.92 Å². The van der Waals surface area contributed by atoms with Gasteiger partial charge in [0.05, 0.1) is 11.5 Å². The van der Waals surface area contributed by atoms with Crippen LogP contribution in [0.3, 0.4) is 0 Å². The summed E-state index contributed by atoms with van der Waals surface area (Å²) in [6.45, 7) is 9.60. The quantitative estimate of drug-likeness (QED) is 0.192. The van der Waals surface area contributed by atoms with Gasteiger partial charge < -0.3 is 20.5 Å². The lowest BCUT2D eigenvalue weighted by molar-refractivity contribution is -0.150. The molecule has 0 bridgehead atoms. The maximum Gasteiger partial charge on any atom is 0.235 e. The van der Waals surface area contributed by atoms with Gasteiger partial charge in [-0.15, -0.1) is 0 Å². The van der Waals surface area contributed by atoms with E-state index >= 15 is 0 Å². The third-order valence-corrected chi connectivity index (χ3v) is 8.63. The number of amides is 2. The molecule has 0 aromatic heterocycles. The maximum absolute atomic E-state index is 14.1. The summed E-state index contributed by atoms with van der Waals surface area (Å²) in [5, 5.41) is 17.6. The van der Waals surface area contributed by atoms with Crippen LogP contribution < -0.4 is 15.4 Å². The first-order valence-electron chi connectivity index (χ1n) is 15.2. The van der Waals surface area contributed by atoms with Crippen molar-refractivity contribution in [3.8, 4) is 5.75 Å². The van der Waals surface area contributed by atoms with Gasteiger partial charge in [-0.1, -0.05) is 77.9 Å². The Hall–Kier alpha value is -4.75. The fraction of sp³-hybridized carbons (Fsp3) is 0.289. The normalized spacial score (nSPS) is 21.2. The van der Waals surface area contributed by atoms with E-state index in [2.05, 4.69) is 10.6 Å². The molecule has 3 N–H and O–H groups in total. The van der Waals surface area contributed by atoms with Gasteiger partial charge in [0.1, 0.15) is 24.1 Å². The van der Waals surface area contributed by atoms with Crippen LogP contribution >= 0.6 is 0 Å². The Kier molecular flexibility index (Phi) is 9.21.